The molecule has 3 rings (SSSR count). The standard InChI is InChI=1S/C16H10BrClFNO4S/c1-24-16(21)15-13(17)12-11(8-7-10(18)14(12)19)20(15)25(22,23)9-5-3-2-4-6-9/h2-8H,1H3. The molecular formula is C16H10BrClFNO4S. The van der Waals surface area contributed by atoms with E-state index in [0.717, 1.165) is 11.1 Å². The normalized spacial score (nSPS) is 11.7. The number of ether oxygens (including phenoxy) is 1. The fourth-order valence-electron chi connectivity index (χ4n) is 2.46. The zero-order valence-electron chi connectivity index (χ0n) is 12.7. The van der Waals surface area contributed by atoms with Gasteiger partial charge in [0.25, 0.3) is 10.0 Å². The number of halogens is 3. The van der Waals surface area contributed by atoms with E-state index in [1.54, 1.807) is 18.2 Å². The van der Waals surface area contributed by atoms with E-state index in [1.807, 2.05) is 0 Å². The summed E-state index contributed by atoms with van der Waals surface area (Å²) >= 11 is 8.90. The van der Waals surface area contributed by atoms with Gasteiger partial charge in [-0.2, -0.15) is 0 Å². The van der Waals surface area contributed by atoms with Crippen molar-refractivity contribution >= 4 is 54.4 Å². The quantitative estimate of drug-likeness (QED) is 0.565. The number of nitrogens with zero attached hydrogens (tertiary/aromatic N) is 1. The van der Waals surface area contributed by atoms with E-state index >= 15 is 0 Å². The van der Waals surface area contributed by atoms with Crippen LogP contribution in [0.25, 0.3) is 10.9 Å². The average Bonchev–Trinajstić information content (AvgIpc) is 2.92. The van der Waals surface area contributed by atoms with E-state index in [0.29, 0.717) is 0 Å². The predicted octanol–water partition coefficient (Wildman–Crippen LogP) is 4.22. The first kappa shape index (κ1) is 17.9. The SMILES string of the molecule is COC(=O)c1c(Br)c2c(F)c(Cl)ccc2n1S(=O)(=O)c1ccccc1. The minimum absolute atomic E-state index is 0.0296. The summed E-state index contributed by atoms with van der Waals surface area (Å²) in [7, 11) is -3.08. The Morgan fingerprint density at radius 2 is 1.84 bits per heavy atom. The van der Waals surface area contributed by atoms with Crippen LogP contribution in [0.15, 0.2) is 51.8 Å². The molecule has 0 bridgehead atoms. The summed E-state index contributed by atoms with van der Waals surface area (Å²) in [5.41, 5.74) is -0.374. The first-order valence-corrected chi connectivity index (χ1v) is 9.48. The lowest BCUT2D eigenvalue weighted by Crippen LogP contribution is -2.19. The second kappa shape index (κ2) is 6.44. The van der Waals surface area contributed by atoms with Gasteiger partial charge in [-0.3, -0.25) is 0 Å². The van der Waals surface area contributed by atoms with Crippen LogP contribution in [-0.4, -0.2) is 25.5 Å². The zero-order valence-corrected chi connectivity index (χ0v) is 15.8. The topological polar surface area (TPSA) is 65.4 Å². The van der Waals surface area contributed by atoms with Crippen molar-refractivity contribution in [3.8, 4) is 0 Å². The Labute approximate surface area is 156 Å². The van der Waals surface area contributed by atoms with Crippen molar-refractivity contribution in [3.05, 3.63) is 63.5 Å². The number of aromatic nitrogens is 1. The Kier molecular flexibility index (Phi) is 4.61. The molecule has 5 nitrogen and oxygen atoms in total. The van der Waals surface area contributed by atoms with Gasteiger partial charge in [0.2, 0.25) is 0 Å². The van der Waals surface area contributed by atoms with E-state index in [2.05, 4.69) is 20.7 Å². The Morgan fingerprint density at radius 3 is 2.44 bits per heavy atom. The summed E-state index contributed by atoms with van der Waals surface area (Å²) in [5, 5.41) is -0.314. The molecule has 0 N–H and O–H groups in total. The molecule has 1 heterocycles. The van der Waals surface area contributed by atoms with E-state index in [4.69, 9.17) is 11.6 Å². The fourth-order valence-corrected chi connectivity index (χ4v) is 4.98. The van der Waals surface area contributed by atoms with Gasteiger partial charge in [0.15, 0.2) is 11.5 Å². The van der Waals surface area contributed by atoms with Gasteiger partial charge < -0.3 is 4.74 Å². The largest absolute Gasteiger partial charge is 0.464 e. The van der Waals surface area contributed by atoms with Crippen molar-refractivity contribution in [2.75, 3.05) is 7.11 Å². The minimum atomic E-state index is -4.18. The van der Waals surface area contributed by atoms with Crippen molar-refractivity contribution in [2.24, 2.45) is 0 Å². The number of hydrogen-bond donors (Lipinski definition) is 0. The van der Waals surface area contributed by atoms with Crippen molar-refractivity contribution in [2.45, 2.75) is 4.90 Å². The lowest BCUT2D eigenvalue weighted by atomic mass is 10.2. The van der Waals surface area contributed by atoms with E-state index in [1.165, 1.54) is 24.3 Å². The number of carbonyl (C=O) groups excluding carboxylic acids is 1. The fraction of sp³-hybridized carbons (Fsp3) is 0.0625. The van der Waals surface area contributed by atoms with Crippen LogP contribution in [0.2, 0.25) is 5.02 Å². The number of rotatable bonds is 3. The summed E-state index contributed by atoms with van der Waals surface area (Å²) in [6.45, 7) is 0. The Morgan fingerprint density at radius 1 is 1.20 bits per heavy atom. The Hall–Kier alpha value is -1.90. The second-order valence-corrected chi connectivity index (χ2v) is 7.98. The molecule has 25 heavy (non-hydrogen) atoms. The van der Waals surface area contributed by atoms with Gasteiger partial charge in [-0.25, -0.2) is 21.6 Å². The molecule has 0 unspecified atom stereocenters. The summed E-state index contributed by atoms with van der Waals surface area (Å²) in [6, 6.07) is 10.1. The number of hydrogen-bond acceptors (Lipinski definition) is 4. The Balaban J connectivity index is 2.50. The molecule has 0 aliphatic carbocycles. The van der Waals surface area contributed by atoms with Crippen LogP contribution >= 0.6 is 27.5 Å². The van der Waals surface area contributed by atoms with Crippen LogP contribution in [0.4, 0.5) is 4.39 Å². The second-order valence-electron chi connectivity index (χ2n) is 4.99. The molecule has 0 spiro atoms. The first-order valence-electron chi connectivity index (χ1n) is 6.87. The lowest BCUT2D eigenvalue weighted by molar-refractivity contribution is 0.0592. The summed E-state index contributed by atoms with van der Waals surface area (Å²) in [6.07, 6.45) is 0. The van der Waals surface area contributed by atoms with Gasteiger partial charge in [-0.1, -0.05) is 29.8 Å². The van der Waals surface area contributed by atoms with Gasteiger partial charge in [-0.15, -0.1) is 0 Å². The molecule has 130 valence electrons. The van der Waals surface area contributed by atoms with E-state index in [-0.39, 0.29) is 31.0 Å². The number of methoxy groups -OCH3 is 1. The molecule has 0 radical (unpaired) electrons. The molecule has 9 heteroatoms. The molecule has 0 amide bonds. The molecule has 1 aromatic heterocycles. The summed E-state index contributed by atoms with van der Waals surface area (Å²) in [5.74, 6) is -1.77. The van der Waals surface area contributed by atoms with Crippen molar-refractivity contribution in [3.63, 3.8) is 0 Å². The van der Waals surface area contributed by atoms with Gasteiger partial charge in [0.1, 0.15) is 0 Å². The molecule has 0 saturated carbocycles. The number of esters is 1. The van der Waals surface area contributed by atoms with Crippen LogP contribution in [0, 0.1) is 5.82 Å². The van der Waals surface area contributed by atoms with Crippen molar-refractivity contribution < 1.29 is 22.3 Å². The predicted molar refractivity (Wildman–Crippen MR) is 95.0 cm³/mol. The molecule has 0 saturated heterocycles. The van der Waals surface area contributed by atoms with Gasteiger partial charge >= 0.3 is 5.97 Å². The van der Waals surface area contributed by atoms with Gasteiger partial charge in [0, 0.05) is 0 Å². The maximum absolute atomic E-state index is 14.5. The smallest absolute Gasteiger partial charge is 0.356 e. The Bertz CT molecular complexity index is 1100. The maximum atomic E-state index is 14.5. The highest BCUT2D eigenvalue weighted by Crippen LogP contribution is 2.38. The monoisotopic (exact) mass is 445 g/mol. The molecule has 0 aliphatic rings. The first-order chi connectivity index (χ1) is 11.8. The van der Waals surface area contributed by atoms with Gasteiger partial charge in [0.05, 0.1) is 32.4 Å². The van der Waals surface area contributed by atoms with E-state index in [9.17, 15) is 17.6 Å². The van der Waals surface area contributed by atoms with Crippen LogP contribution in [0.1, 0.15) is 10.5 Å². The highest BCUT2D eigenvalue weighted by atomic mass is 79.9. The summed E-state index contributed by atoms with van der Waals surface area (Å²) in [4.78, 5) is 12.2. The van der Waals surface area contributed by atoms with Crippen LogP contribution < -0.4 is 0 Å². The highest BCUT2D eigenvalue weighted by Gasteiger charge is 2.32. The summed E-state index contributed by atoms with van der Waals surface area (Å²) < 4.78 is 46.0. The molecule has 2 aromatic carbocycles. The third-order valence-corrected chi connectivity index (χ3v) is 6.37. The van der Waals surface area contributed by atoms with Crippen molar-refractivity contribution in [1.29, 1.82) is 0 Å². The minimum Gasteiger partial charge on any atom is -0.464 e. The third-order valence-electron chi connectivity index (χ3n) is 3.58. The molecule has 3 aromatic rings. The lowest BCUT2D eigenvalue weighted by Gasteiger charge is -2.11. The number of benzene rings is 2. The molecule has 0 fully saturated rings. The van der Waals surface area contributed by atoms with Crippen molar-refractivity contribution in [1.82, 2.24) is 3.97 Å². The maximum Gasteiger partial charge on any atom is 0.356 e. The third kappa shape index (κ3) is 2.74. The average molecular weight is 447 g/mol. The molecule has 0 aliphatic heterocycles. The zero-order chi connectivity index (χ0) is 18.4. The molecule has 0 atom stereocenters. The van der Waals surface area contributed by atoms with Crippen LogP contribution in [0.5, 0.6) is 0 Å². The van der Waals surface area contributed by atoms with Gasteiger partial charge in [-0.05, 0) is 40.2 Å². The van der Waals surface area contributed by atoms with E-state index < -0.39 is 21.8 Å². The number of carbonyl (C=O) groups is 1. The number of fused-ring (bicyclic) bond motifs is 1. The van der Waals surface area contributed by atoms with Crippen LogP contribution in [0.3, 0.4) is 0 Å². The van der Waals surface area contributed by atoms with Crippen LogP contribution in [-0.2, 0) is 14.8 Å². The molecular weight excluding hydrogens is 437 g/mol. The highest BCUT2D eigenvalue weighted by molar-refractivity contribution is 9.10.